The minimum absolute atomic E-state index is 1.23. The number of aryl methyl sites for hydroxylation is 3. The Balaban J connectivity index is 2.00. The van der Waals surface area contributed by atoms with Gasteiger partial charge in [-0.1, -0.05) is 43.7 Å². The van der Waals surface area contributed by atoms with Gasteiger partial charge >= 0.3 is 0 Å². The van der Waals surface area contributed by atoms with Gasteiger partial charge in [-0.15, -0.1) is 0 Å². The average Bonchev–Trinajstić information content (AvgIpc) is 2.29. The largest absolute Gasteiger partial charge is 0.0654 e. The first-order chi connectivity index (χ1) is 7.86. The summed E-state index contributed by atoms with van der Waals surface area (Å²) >= 11 is 0. The maximum Gasteiger partial charge on any atom is -0.0178 e. The quantitative estimate of drug-likeness (QED) is 0.709. The number of hydrogen-bond acceptors (Lipinski definition) is 0. The lowest BCUT2D eigenvalue weighted by Gasteiger charge is -2.19. The average molecular weight is 210 g/mol. The molecule has 0 N–H and O–H groups in total. The van der Waals surface area contributed by atoms with Gasteiger partial charge in [0.2, 0.25) is 0 Å². The summed E-state index contributed by atoms with van der Waals surface area (Å²) in [7, 11) is 0. The Kier molecular flexibility index (Phi) is 2.43. The predicted molar refractivity (Wildman–Crippen MR) is 70.0 cm³/mol. The molecule has 2 aromatic carbocycles. The van der Waals surface area contributed by atoms with Crippen molar-refractivity contribution in [3.8, 4) is 0 Å². The second-order valence-electron chi connectivity index (χ2n) is 4.91. The fraction of sp³-hybridized carbons (Fsp3) is 0.375. The Bertz CT molecular complexity index is 523. The first-order valence-electron chi connectivity index (χ1n) is 6.41. The van der Waals surface area contributed by atoms with E-state index in [0.29, 0.717) is 0 Å². The number of unbranched alkanes of at least 4 members (excludes halogenated alkanes) is 1. The molecule has 0 radical (unpaired) electrons. The summed E-state index contributed by atoms with van der Waals surface area (Å²) in [4.78, 5) is 0. The molecule has 0 unspecified atom stereocenters. The topological polar surface area (TPSA) is 0 Å². The molecule has 0 fully saturated rings. The Morgan fingerprint density at radius 2 is 1.69 bits per heavy atom. The first-order valence-corrected chi connectivity index (χ1v) is 6.41. The van der Waals surface area contributed by atoms with E-state index in [1.54, 1.807) is 11.1 Å². The molecule has 0 bridgehead atoms. The van der Waals surface area contributed by atoms with E-state index in [2.05, 4.69) is 37.3 Å². The standard InChI is InChI=1S/C16H18/c1-2-3-4-12-5-6-15-10-13-7-8-14(13)11-16(15)9-12/h5-6,9-11H,2-4,7-8H2,1H3. The molecule has 1 aliphatic rings. The molecule has 0 nitrogen and oxygen atoms in total. The monoisotopic (exact) mass is 210 g/mol. The highest BCUT2D eigenvalue weighted by Crippen LogP contribution is 2.29. The molecular weight excluding hydrogens is 192 g/mol. The van der Waals surface area contributed by atoms with Gasteiger partial charge in [-0.3, -0.25) is 0 Å². The summed E-state index contributed by atoms with van der Waals surface area (Å²) in [6.45, 7) is 2.25. The second-order valence-corrected chi connectivity index (χ2v) is 4.91. The van der Waals surface area contributed by atoms with Crippen LogP contribution in [-0.2, 0) is 19.3 Å². The van der Waals surface area contributed by atoms with E-state index in [4.69, 9.17) is 0 Å². The smallest absolute Gasteiger partial charge is 0.0178 e. The van der Waals surface area contributed by atoms with Crippen molar-refractivity contribution < 1.29 is 0 Å². The molecule has 82 valence electrons. The molecule has 0 amide bonds. The molecule has 0 atom stereocenters. The Labute approximate surface area is 97.3 Å². The Morgan fingerprint density at radius 3 is 2.38 bits per heavy atom. The van der Waals surface area contributed by atoms with E-state index in [1.807, 2.05) is 0 Å². The predicted octanol–water partition coefficient (Wildman–Crippen LogP) is 4.28. The third-order valence-corrected chi connectivity index (χ3v) is 3.71. The van der Waals surface area contributed by atoms with Crippen LogP contribution < -0.4 is 0 Å². The third kappa shape index (κ3) is 1.63. The van der Waals surface area contributed by atoms with E-state index in [1.165, 1.54) is 48.4 Å². The normalized spacial score (nSPS) is 13.6. The van der Waals surface area contributed by atoms with E-state index in [-0.39, 0.29) is 0 Å². The van der Waals surface area contributed by atoms with Gasteiger partial charge in [-0.2, -0.15) is 0 Å². The molecule has 0 aromatic heterocycles. The lowest BCUT2D eigenvalue weighted by Crippen LogP contribution is -2.07. The number of hydrogen-bond donors (Lipinski definition) is 0. The lowest BCUT2D eigenvalue weighted by molar-refractivity contribution is 0.795. The summed E-state index contributed by atoms with van der Waals surface area (Å²) in [6.07, 6.45) is 6.37. The molecule has 0 heterocycles. The summed E-state index contributed by atoms with van der Waals surface area (Å²) in [5, 5.41) is 2.85. The maximum absolute atomic E-state index is 2.39. The van der Waals surface area contributed by atoms with Gasteiger partial charge in [0, 0.05) is 0 Å². The van der Waals surface area contributed by atoms with Crippen molar-refractivity contribution in [3.05, 3.63) is 47.0 Å². The molecule has 16 heavy (non-hydrogen) atoms. The van der Waals surface area contributed by atoms with Crippen LogP contribution in [0.5, 0.6) is 0 Å². The van der Waals surface area contributed by atoms with E-state index < -0.39 is 0 Å². The van der Waals surface area contributed by atoms with Crippen LogP contribution in [0.15, 0.2) is 30.3 Å². The van der Waals surface area contributed by atoms with Crippen molar-refractivity contribution in [1.29, 1.82) is 0 Å². The highest BCUT2D eigenvalue weighted by Gasteiger charge is 2.13. The molecular formula is C16H18. The van der Waals surface area contributed by atoms with Crippen LogP contribution in [0.2, 0.25) is 0 Å². The van der Waals surface area contributed by atoms with Gasteiger partial charge < -0.3 is 0 Å². The van der Waals surface area contributed by atoms with Crippen LogP contribution in [0.25, 0.3) is 10.8 Å². The molecule has 0 aliphatic heterocycles. The molecule has 0 saturated carbocycles. The van der Waals surface area contributed by atoms with Crippen LogP contribution >= 0.6 is 0 Å². The highest BCUT2D eigenvalue weighted by molar-refractivity contribution is 5.85. The van der Waals surface area contributed by atoms with Crippen LogP contribution in [0.4, 0.5) is 0 Å². The molecule has 2 aromatic rings. The van der Waals surface area contributed by atoms with E-state index in [0.717, 1.165) is 0 Å². The SMILES string of the molecule is CCCCc1ccc2cc3c(cc2c1)CC3. The van der Waals surface area contributed by atoms with Crippen LogP contribution in [0, 0.1) is 0 Å². The summed E-state index contributed by atoms with van der Waals surface area (Å²) in [6, 6.07) is 11.7. The highest BCUT2D eigenvalue weighted by atomic mass is 14.2. The maximum atomic E-state index is 2.39. The minimum Gasteiger partial charge on any atom is -0.0654 e. The summed E-state index contributed by atoms with van der Waals surface area (Å²) in [5.41, 5.74) is 4.63. The van der Waals surface area contributed by atoms with Crippen LogP contribution in [-0.4, -0.2) is 0 Å². The number of rotatable bonds is 3. The van der Waals surface area contributed by atoms with E-state index >= 15 is 0 Å². The van der Waals surface area contributed by atoms with Crippen molar-refractivity contribution >= 4 is 10.8 Å². The zero-order chi connectivity index (χ0) is 11.0. The van der Waals surface area contributed by atoms with Crippen molar-refractivity contribution in [1.82, 2.24) is 0 Å². The zero-order valence-corrected chi connectivity index (χ0v) is 9.92. The number of fused-ring (bicyclic) bond motifs is 2. The van der Waals surface area contributed by atoms with Crippen LogP contribution in [0.3, 0.4) is 0 Å². The van der Waals surface area contributed by atoms with Crippen molar-refractivity contribution in [2.24, 2.45) is 0 Å². The first kappa shape index (κ1) is 9.89. The van der Waals surface area contributed by atoms with Gasteiger partial charge in [0.05, 0.1) is 0 Å². The molecule has 0 saturated heterocycles. The van der Waals surface area contributed by atoms with Gasteiger partial charge in [0.1, 0.15) is 0 Å². The van der Waals surface area contributed by atoms with Crippen LogP contribution in [0.1, 0.15) is 36.5 Å². The second kappa shape index (κ2) is 3.93. The lowest BCUT2D eigenvalue weighted by atomic mass is 9.86. The van der Waals surface area contributed by atoms with Crippen molar-refractivity contribution in [2.75, 3.05) is 0 Å². The third-order valence-electron chi connectivity index (χ3n) is 3.71. The summed E-state index contributed by atoms with van der Waals surface area (Å²) < 4.78 is 0. The summed E-state index contributed by atoms with van der Waals surface area (Å²) in [5.74, 6) is 0. The Morgan fingerprint density at radius 1 is 0.938 bits per heavy atom. The van der Waals surface area contributed by atoms with Gasteiger partial charge in [0.15, 0.2) is 0 Å². The fourth-order valence-electron chi connectivity index (χ4n) is 2.54. The Hall–Kier alpha value is -1.30. The minimum atomic E-state index is 1.23. The fourth-order valence-corrected chi connectivity index (χ4v) is 2.54. The van der Waals surface area contributed by atoms with Crippen molar-refractivity contribution in [3.63, 3.8) is 0 Å². The zero-order valence-electron chi connectivity index (χ0n) is 9.92. The number of benzene rings is 2. The van der Waals surface area contributed by atoms with Gasteiger partial charge in [-0.05, 0) is 53.1 Å². The van der Waals surface area contributed by atoms with Crippen molar-refractivity contribution in [2.45, 2.75) is 39.0 Å². The molecule has 1 aliphatic carbocycles. The molecule has 0 heteroatoms. The van der Waals surface area contributed by atoms with Gasteiger partial charge in [0.25, 0.3) is 0 Å². The van der Waals surface area contributed by atoms with Gasteiger partial charge in [-0.25, -0.2) is 0 Å². The molecule has 3 rings (SSSR count). The molecule has 0 spiro atoms. The van der Waals surface area contributed by atoms with E-state index in [9.17, 15) is 0 Å².